The fraction of sp³-hybridized carbons (Fsp3) is 0.467. The van der Waals surface area contributed by atoms with E-state index in [0.717, 1.165) is 6.42 Å². The summed E-state index contributed by atoms with van der Waals surface area (Å²) in [5, 5.41) is 11.9. The number of benzene rings is 1. The van der Waals surface area contributed by atoms with Gasteiger partial charge in [0, 0.05) is 5.69 Å². The molecule has 0 aliphatic carbocycles. The predicted molar refractivity (Wildman–Crippen MR) is 78.6 cm³/mol. The van der Waals surface area contributed by atoms with Crippen molar-refractivity contribution in [1.82, 2.24) is 0 Å². The van der Waals surface area contributed by atoms with E-state index >= 15 is 0 Å². The van der Waals surface area contributed by atoms with Crippen LogP contribution in [0.4, 0.5) is 5.69 Å². The molecule has 0 saturated heterocycles. The molecule has 0 saturated carbocycles. The van der Waals surface area contributed by atoms with Crippen LogP contribution in [0.2, 0.25) is 0 Å². The van der Waals surface area contributed by atoms with Crippen molar-refractivity contribution in [2.75, 3.05) is 5.32 Å². The van der Waals surface area contributed by atoms with Gasteiger partial charge in [-0.1, -0.05) is 25.5 Å². The summed E-state index contributed by atoms with van der Waals surface area (Å²) in [4.78, 5) is 22.9. The Hall–Kier alpha value is -1.88. The Morgan fingerprint density at radius 1 is 1.30 bits per heavy atom. The number of anilines is 1. The van der Waals surface area contributed by atoms with Crippen LogP contribution in [-0.4, -0.2) is 23.0 Å². The first-order valence-electron chi connectivity index (χ1n) is 6.69. The van der Waals surface area contributed by atoms with E-state index in [2.05, 4.69) is 5.32 Å². The van der Waals surface area contributed by atoms with Gasteiger partial charge in [0.25, 0.3) is 0 Å². The molecular weight excluding hydrogens is 256 g/mol. The molecule has 1 amide bonds. The molecule has 1 aromatic carbocycles. The summed E-state index contributed by atoms with van der Waals surface area (Å²) >= 11 is 0. The summed E-state index contributed by atoms with van der Waals surface area (Å²) in [6.07, 6.45) is 1.48. The minimum absolute atomic E-state index is 0.225. The molecule has 1 atom stereocenters. The zero-order chi connectivity index (χ0) is 15.3. The zero-order valence-corrected chi connectivity index (χ0v) is 12.1. The molecule has 1 aromatic rings. The van der Waals surface area contributed by atoms with Gasteiger partial charge in [-0.3, -0.25) is 9.59 Å². The second kappa shape index (κ2) is 6.52. The molecule has 0 heterocycles. The Morgan fingerprint density at radius 3 is 2.30 bits per heavy atom. The summed E-state index contributed by atoms with van der Waals surface area (Å²) in [6.45, 7) is 5.25. The number of nitrogens with two attached hydrogens (primary N) is 1. The number of carbonyl (C=O) groups is 2. The maximum Gasteiger partial charge on any atom is 0.313 e. The number of rotatable bonds is 6. The summed E-state index contributed by atoms with van der Waals surface area (Å²) < 4.78 is 0. The van der Waals surface area contributed by atoms with E-state index in [1.807, 2.05) is 6.92 Å². The van der Waals surface area contributed by atoms with Gasteiger partial charge in [0.05, 0.1) is 11.5 Å². The van der Waals surface area contributed by atoms with Crippen LogP contribution < -0.4 is 11.1 Å². The van der Waals surface area contributed by atoms with E-state index < -0.39 is 17.4 Å². The number of hydrogen-bond acceptors (Lipinski definition) is 3. The molecule has 0 aliphatic rings. The highest BCUT2D eigenvalue weighted by molar-refractivity contribution is 5.94. The van der Waals surface area contributed by atoms with E-state index in [9.17, 15) is 9.59 Å². The van der Waals surface area contributed by atoms with E-state index in [1.54, 1.807) is 38.1 Å². The van der Waals surface area contributed by atoms with Crippen LogP contribution in [0.1, 0.15) is 39.2 Å². The summed E-state index contributed by atoms with van der Waals surface area (Å²) in [7, 11) is 0. The topological polar surface area (TPSA) is 92.4 Å². The molecule has 5 heteroatoms. The lowest BCUT2D eigenvalue weighted by Gasteiger charge is -2.20. The maximum atomic E-state index is 11.8. The molecule has 0 aliphatic heterocycles. The highest BCUT2D eigenvalue weighted by Crippen LogP contribution is 2.24. The first-order valence-corrected chi connectivity index (χ1v) is 6.69. The molecular formula is C15H22N2O3. The van der Waals surface area contributed by atoms with Crippen molar-refractivity contribution in [2.24, 2.45) is 5.73 Å². The van der Waals surface area contributed by atoms with Crippen LogP contribution in [0.15, 0.2) is 24.3 Å². The zero-order valence-electron chi connectivity index (χ0n) is 12.1. The molecule has 0 fully saturated rings. The second-order valence-electron chi connectivity index (χ2n) is 5.39. The van der Waals surface area contributed by atoms with Gasteiger partial charge in [0.2, 0.25) is 5.91 Å². The average molecular weight is 278 g/mol. The molecule has 0 spiro atoms. The Labute approximate surface area is 119 Å². The van der Waals surface area contributed by atoms with E-state index in [4.69, 9.17) is 10.8 Å². The molecule has 0 radical (unpaired) electrons. The molecule has 0 unspecified atom stereocenters. The summed E-state index contributed by atoms with van der Waals surface area (Å²) in [5.41, 5.74) is 6.07. The van der Waals surface area contributed by atoms with Gasteiger partial charge in [-0.05, 0) is 38.0 Å². The fourth-order valence-corrected chi connectivity index (χ4v) is 1.77. The van der Waals surface area contributed by atoms with Gasteiger partial charge in [-0.25, -0.2) is 0 Å². The number of nitrogens with one attached hydrogen (secondary N) is 1. The van der Waals surface area contributed by atoms with Crippen LogP contribution in [-0.2, 0) is 15.0 Å². The maximum absolute atomic E-state index is 11.8. The average Bonchev–Trinajstić information content (AvgIpc) is 2.39. The van der Waals surface area contributed by atoms with Gasteiger partial charge in [0.1, 0.15) is 0 Å². The van der Waals surface area contributed by atoms with Crippen molar-refractivity contribution in [3.05, 3.63) is 29.8 Å². The van der Waals surface area contributed by atoms with Gasteiger partial charge >= 0.3 is 5.97 Å². The first kappa shape index (κ1) is 16.2. The van der Waals surface area contributed by atoms with Crippen LogP contribution in [0.25, 0.3) is 0 Å². The number of aliphatic carboxylic acids is 1. The van der Waals surface area contributed by atoms with Crippen molar-refractivity contribution in [3.63, 3.8) is 0 Å². The van der Waals surface area contributed by atoms with Gasteiger partial charge in [-0.2, -0.15) is 0 Å². The Bertz CT molecular complexity index is 480. The van der Waals surface area contributed by atoms with Gasteiger partial charge < -0.3 is 16.2 Å². The number of amides is 1. The highest BCUT2D eigenvalue weighted by Gasteiger charge is 2.29. The Balaban J connectivity index is 2.77. The number of carboxylic acids is 1. The smallest absolute Gasteiger partial charge is 0.313 e. The Kier molecular flexibility index (Phi) is 5.27. The molecule has 1 rings (SSSR count). The van der Waals surface area contributed by atoms with Crippen molar-refractivity contribution in [2.45, 2.75) is 45.1 Å². The quantitative estimate of drug-likeness (QED) is 0.743. The van der Waals surface area contributed by atoms with Crippen molar-refractivity contribution in [1.29, 1.82) is 0 Å². The predicted octanol–water partition coefficient (Wildman–Crippen LogP) is 2.11. The lowest BCUT2D eigenvalue weighted by Crippen LogP contribution is -2.35. The minimum Gasteiger partial charge on any atom is -0.481 e. The first-order chi connectivity index (χ1) is 9.28. The lowest BCUT2D eigenvalue weighted by molar-refractivity contribution is -0.142. The molecule has 4 N–H and O–H groups in total. The number of carbonyl (C=O) groups excluding carboxylic acids is 1. The largest absolute Gasteiger partial charge is 0.481 e. The van der Waals surface area contributed by atoms with E-state index in [0.29, 0.717) is 17.7 Å². The van der Waals surface area contributed by atoms with Gasteiger partial charge in [-0.15, -0.1) is 0 Å². The third-order valence-electron chi connectivity index (χ3n) is 3.35. The molecule has 20 heavy (non-hydrogen) atoms. The summed E-state index contributed by atoms with van der Waals surface area (Å²) in [5.74, 6) is -1.11. The number of hydrogen-bond donors (Lipinski definition) is 3. The third-order valence-corrected chi connectivity index (χ3v) is 3.35. The number of carboxylic acid groups (broad SMARTS) is 1. The molecule has 0 aromatic heterocycles. The molecule has 0 bridgehead atoms. The van der Waals surface area contributed by atoms with Gasteiger partial charge in [0.15, 0.2) is 0 Å². The molecule has 5 nitrogen and oxygen atoms in total. The normalized spacial score (nSPS) is 12.8. The minimum atomic E-state index is -0.957. The second-order valence-corrected chi connectivity index (χ2v) is 5.39. The van der Waals surface area contributed by atoms with Crippen molar-refractivity contribution < 1.29 is 14.7 Å². The van der Waals surface area contributed by atoms with Crippen molar-refractivity contribution >= 4 is 17.6 Å². The van der Waals surface area contributed by atoms with Crippen LogP contribution in [0.5, 0.6) is 0 Å². The SMILES string of the molecule is CCC[C@@H](N)C(=O)Nc1ccc(C(C)(C)C(=O)O)cc1. The highest BCUT2D eigenvalue weighted by atomic mass is 16.4. The third kappa shape index (κ3) is 3.81. The van der Waals surface area contributed by atoms with E-state index in [1.165, 1.54) is 0 Å². The van der Waals surface area contributed by atoms with Crippen LogP contribution >= 0.6 is 0 Å². The van der Waals surface area contributed by atoms with Crippen molar-refractivity contribution in [3.8, 4) is 0 Å². The fourth-order valence-electron chi connectivity index (χ4n) is 1.77. The Morgan fingerprint density at radius 2 is 1.85 bits per heavy atom. The monoisotopic (exact) mass is 278 g/mol. The molecule has 110 valence electrons. The summed E-state index contributed by atoms with van der Waals surface area (Å²) in [6, 6.07) is 6.27. The standard InChI is InChI=1S/C15H22N2O3/c1-4-5-12(16)13(18)17-11-8-6-10(7-9-11)15(2,3)14(19)20/h6-9,12H,4-5,16H2,1-3H3,(H,17,18)(H,19,20)/t12-/m1/s1. The van der Waals surface area contributed by atoms with Crippen LogP contribution in [0.3, 0.4) is 0 Å². The lowest BCUT2D eigenvalue weighted by atomic mass is 9.85. The van der Waals surface area contributed by atoms with Crippen LogP contribution in [0, 0.1) is 0 Å². The van der Waals surface area contributed by atoms with E-state index in [-0.39, 0.29) is 5.91 Å².